The Labute approximate surface area is 117 Å². The Balaban J connectivity index is 2.14. The average Bonchev–Trinajstić information content (AvgIpc) is 2.47. The molecule has 1 aromatic heterocycles. The van der Waals surface area contributed by atoms with Gasteiger partial charge >= 0.3 is 0 Å². The highest BCUT2D eigenvalue weighted by Crippen LogP contribution is 2.39. The van der Waals surface area contributed by atoms with Crippen LogP contribution in [0.4, 0.5) is 5.82 Å². The van der Waals surface area contributed by atoms with E-state index in [0.717, 1.165) is 18.9 Å². The monoisotopic (exact) mass is 261 g/mol. The maximum atomic E-state index is 6.06. The van der Waals surface area contributed by atoms with Crippen LogP contribution in [0.25, 0.3) is 0 Å². The Morgan fingerprint density at radius 1 is 1.32 bits per heavy atom. The first-order chi connectivity index (χ1) is 9.12. The van der Waals surface area contributed by atoms with Crippen LogP contribution in [-0.4, -0.2) is 18.1 Å². The van der Waals surface area contributed by atoms with Gasteiger partial charge in [0, 0.05) is 30.9 Å². The van der Waals surface area contributed by atoms with Crippen molar-refractivity contribution in [2.24, 2.45) is 11.1 Å². The van der Waals surface area contributed by atoms with E-state index in [-0.39, 0.29) is 6.04 Å². The van der Waals surface area contributed by atoms with Crippen LogP contribution in [-0.2, 0) is 0 Å². The lowest BCUT2D eigenvalue weighted by Crippen LogP contribution is -2.40. The molecule has 3 heteroatoms. The number of piperidine rings is 1. The van der Waals surface area contributed by atoms with E-state index in [1.165, 1.54) is 31.2 Å². The van der Waals surface area contributed by atoms with Gasteiger partial charge in [-0.1, -0.05) is 32.8 Å². The molecule has 1 aliphatic heterocycles. The lowest BCUT2D eigenvalue weighted by Gasteiger charge is -2.42. The molecule has 3 nitrogen and oxygen atoms in total. The van der Waals surface area contributed by atoms with Crippen LogP contribution in [0.3, 0.4) is 0 Å². The minimum atomic E-state index is 0.0488. The molecule has 0 radical (unpaired) electrons. The number of hydrogen-bond acceptors (Lipinski definition) is 3. The zero-order valence-corrected chi connectivity index (χ0v) is 12.5. The minimum absolute atomic E-state index is 0.0488. The van der Waals surface area contributed by atoms with Gasteiger partial charge in [-0.15, -0.1) is 0 Å². The molecule has 0 bridgehead atoms. The van der Waals surface area contributed by atoms with Crippen molar-refractivity contribution < 1.29 is 0 Å². The maximum absolute atomic E-state index is 6.06. The van der Waals surface area contributed by atoms with Crippen LogP contribution in [0, 0.1) is 5.41 Å². The van der Waals surface area contributed by atoms with Crippen molar-refractivity contribution in [3.63, 3.8) is 0 Å². The van der Waals surface area contributed by atoms with Crippen molar-refractivity contribution >= 4 is 5.82 Å². The van der Waals surface area contributed by atoms with Gasteiger partial charge in [-0.2, -0.15) is 0 Å². The van der Waals surface area contributed by atoms with E-state index in [1.807, 2.05) is 19.2 Å². The molecule has 1 aliphatic rings. The second kappa shape index (κ2) is 5.91. The summed E-state index contributed by atoms with van der Waals surface area (Å²) in [4.78, 5) is 6.99. The zero-order valence-electron chi connectivity index (χ0n) is 12.5. The van der Waals surface area contributed by atoms with E-state index in [4.69, 9.17) is 5.73 Å². The molecule has 0 aromatic carbocycles. The second-order valence-electron chi connectivity index (χ2n) is 5.90. The molecule has 0 unspecified atom stereocenters. The normalized spacial score (nSPS) is 20.3. The Morgan fingerprint density at radius 3 is 2.47 bits per heavy atom. The van der Waals surface area contributed by atoms with Gasteiger partial charge in [0.2, 0.25) is 0 Å². The first kappa shape index (κ1) is 14.3. The third-order valence-electron chi connectivity index (χ3n) is 4.93. The summed E-state index contributed by atoms with van der Waals surface area (Å²) in [5.41, 5.74) is 7.78. The van der Waals surface area contributed by atoms with Crippen molar-refractivity contribution in [3.05, 3.63) is 23.9 Å². The Morgan fingerprint density at radius 2 is 1.95 bits per heavy atom. The van der Waals surface area contributed by atoms with Crippen molar-refractivity contribution in [1.29, 1.82) is 0 Å². The van der Waals surface area contributed by atoms with Crippen LogP contribution >= 0.6 is 0 Å². The van der Waals surface area contributed by atoms with Crippen LogP contribution in [0.2, 0.25) is 0 Å². The van der Waals surface area contributed by atoms with Crippen LogP contribution in [0.1, 0.15) is 58.1 Å². The summed E-state index contributed by atoms with van der Waals surface area (Å²) in [7, 11) is 0. The first-order valence-corrected chi connectivity index (χ1v) is 7.57. The Kier molecular flexibility index (Phi) is 4.46. The van der Waals surface area contributed by atoms with Crippen molar-refractivity contribution in [1.82, 2.24) is 4.98 Å². The highest BCUT2D eigenvalue weighted by Gasteiger charge is 2.32. The second-order valence-corrected chi connectivity index (χ2v) is 5.90. The van der Waals surface area contributed by atoms with Crippen molar-refractivity contribution in [2.75, 3.05) is 18.0 Å². The third kappa shape index (κ3) is 2.92. The van der Waals surface area contributed by atoms with Crippen molar-refractivity contribution in [2.45, 2.75) is 52.5 Å². The van der Waals surface area contributed by atoms with Crippen LogP contribution in [0.5, 0.6) is 0 Å². The summed E-state index contributed by atoms with van der Waals surface area (Å²) in [5.74, 6) is 1.10. The summed E-state index contributed by atoms with van der Waals surface area (Å²) < 4.78 is 0. The van der Waals surface area contributed by atoms with E-state index in [9.17, 15) is 0 Å². The van der Waals surface area contributed by atoms with E-state index in [0.29, 0.717) is 5.41 Å². The molecule has 1 atom stereocenters. The topological polar surface area (TPSA) is 42.2 Å². The molecule has 106 valence electrons. The number of pyridine rings is 1. The van der Waals surface area contributed by atoms with Gasteiger partial charge in [0.15, 0.2) is 0 Å². The molecule has 2 N–H and O–H groups in total. The Hall–Kier alpha value is -1.09. The van der Waals surface area contributed by atoms with E-state index in [2.05, 4.69) is 29.8 Å². The summed E-state index contributed by atoms with van der Waals surface area (Å²) in [6.07, 6.45) is 7.01. The fraction of sp³-hybridized carbons (Fsp3) is 0.688. The minimum Gasteiger partial charge on any atom is -0.356 e. The standard InChI is InChI=1S/C16H27N3/c1-4-16(5-2)8-11-19(12-9-16)15-14(13(3)17)7-6-10-18-15/h6-7,10,13H,4-5,8-9,11-12,17H2,1-3H3/t13-/m1/s1. The fourth-order valence-corrected chi connectivity index (χ4v) is 3.18. The smallest absolute Gasteiger partial charge is 0.133 e. The van der Waals surface area contributed by atoms with E-state index < -0.39 is 0 Å². The molecule has 1 aromatic rings. The number of aromatic nitrogens is 1. The van der Waals surface area contributed by atoms with Gasteiger partial charge in [-0.05, 0) is 31.2 Å². The molecule has 2 heterocycles. The molecule has 19 heavy (non-hydrogen) atoms. The SMILES string of the molecule is CCC1(CC)CCN(c2ncccc2[C@@H](C)N)CC1. The van der Waals surface area contributed by atoms with Gasteiger partial charge < -0.3 is 10.6 Å². The molecule has 2 rings (SSSR count). The molecular weight excluding hydrogens is 234 g/mol. The molecule has 1 saturated heterocycles. The van der Waals surface area contributed by atoms with Gasteiger partial charge in [-0.25, -0.2) is 4.98 Å². The number of nitrogens with zero attached hydrogens (tertiary/aromatic N) is 2. The van der Waals surface area contributed by atoms with Gasteiger partial charge in [0.05, 0.1) is 0 Å². The van der Waals surface area contributed by atoms with Crippen molar-refractivity contribution in [3.8, 4) is 0 Å². The highest BCUT2D eigenvalue weighted by molar-refractivity contribution is 5.48. The number of nitrogens with two attached hydrogens (primary N) is 1. The molecule has 0 spiro atoms. The predicted octanol–water partition coefficient (Wildman–Crippen LogP) is 3.51. The Bertz CT molecular complexity index is 400. The largest absolute Gasteiger partial charge is 0.356 e. The quantitative estimate of drug-likeness (QED) is 0.902. The fourth-order valence-electron chi connectivity index (χ4n) is 3.18. The molecular formula is C16H27N3. The first-order valence-electron chi connectivity index (χ1n) is 7.57. The molecule has 0 amide bonds. The predicted molar refractivity (Wildman–Crippen MR) is 81.3 cm³/mol. The lowest BCUT2D eigenvalue weighted by molar-refractivity contribution is 0.199. The van der Waals surface area contributed by atoms with Crippen LogP contribution in [0.15, 0.2) is 18.3 Å². The molecule has 0 saturated carbocycles. The summed E-state index contributed by atoms with van der Waals surface area (Å²) in [6, 6.07) is 4.14. The highest BCUT2D eigenvalue weighted by atomic mass is 15.2. The summed E-state index contributed by atoms with van der Waals surface area (Å²) in [5, 5.41) is 0. The van der Waals surface area contributed by atoms with Gasteiger partial charge in [-0.3, -0.25) is 0 Å². The van der Waals surface area contributed by atoms with Gasteiger partial charge in [0.25, 0.3) is 0 Å². The maximum Gasteiger partial charge on any atom is 0.133 e. The number of hydrogen-bond donors (Lipinski definition) is 1. The summed E-state index contributed by atoms with van der Waals surface area (Å²) in [6.45, 7) is 8.91. The molecule has 1 fully saturated rings. The third-order valence-corrected chi connectivity index (χ3v) is 4.93. The molecule has 0 aliphatic carbocycles. The average molecular weight is 261 g/mol. The van der Waals surface area contributed by atoms with E-state index >= 15 is 0 Å². The van der Waals surface area contributed by atoms with Crippen LogP contribution < -0.4 is 10.6 Å². The number of rotatable bonds is 4. The number of anilines is 1. The zero-order chi connectivity index (χ0) is 13.9. The van der Waals surface area contributed by atoms with E-state index in [1.54, 1.807) is 0 Å². The summed E-state index contributed by atoms with van der Waals surface area (Å²) >= 11 is 0. The lowest BCUT2D eigenvalue weighted by atomic mass is 9.74. The van der Waals surface area contributed by atoms with Gasteiger partial charge in [0.1, 0.15) is 5.82 Å².